The Kier molecular flexibility index (Phi) is 4.77. The van der Waals surface area contributed by atoms with Crippen LogP contribution in [0.25, 0.3) is 11.1 Å². The van der Waals surface area contributed by atoms with Crippen LogP contribution in [0.5, 0.6) is 5.75 Å². The van der Waals surface area contributed by atoms with Gasteiger partial charge < -0.3 is 4.74 Å². The Hall–Kier alpha value is -2.58. The van der Waals surface area contributed by atoms with Crippen molar-refractivity contribution in [3.05, 3.63) is 89.5 Å². The first-order valence-corrected chi connectivity index (χ1v) is 9.40. The van der Waals surface area contributed by atoms with Gasteiger partial charge in [0.15, 0.2) is 0 Å². The van der Waals surface area contributed by atoms with Crippen molar-refractivity contribution in [3.8, 4) is 16.9 Å². The lowest BCUT2D eigenvalue weighted by Crippen LogP contribution is -2.26. The standard InChI is InChI=1S/C24H25NO/c1-3-9-23(17-10-8-11-18(16-17)26-2)25-24-21-14-6-4-12-19(21)20-13-5-7-15-22(20)24/h4-8,10-16,23-25H,3,9H2,1-2H3/t23-/m0/s1. The molecule has 1 aliphatic carbocycles. The summed E-state index contributed by atoms with van der Waals surface area (Å²) < 4.78 is 5.44. The van der Waals surface area contributed by atoms with Crippen LogP contribution >= 0.6 is 0 Å². The fraction of sp³-hybridized carbons (Fsp3) is 0.250. The third-order valence-electron chi connectivity index (χ3n) is 5.28. The summed E-state index contributed by atoms with van der Waals surface area (Å²) in [5, 5.41) is 3.94. The normalized spacial score (nSPS) is 13.9. The molecule has 26 heavy (non-hydrogen) atoms. The summed E-state index contributed by atoms with van der Waals surface area (Å²) in [6.07, 6.45) is 2.22. The molecule has 0 bridgehead atoms. The van der Waals surface area contributed by atoms with E-state index in [1.54, 1.807) is 7.11 Å². The molecule has 1 aliphatic rings. The maximum Gasteiger partial charge on any atom is 0.119 e. The molecular formula is C24H25NO. The first-order valence-electron chi connectivity index (χ1n) is 9.40. The van der Waals surface area contributed by atoms with Crippen LogP contribution in [0.1, 0.15) is 48.5 Å². The Morgan fingerprint density at radius 2 is 1.54 bits per heavy atom. The van der Waals surface area contributed by atoms with Crippen molar-refractivity contribution in [3.63, 3.8) is 0 Å². The monoisotopic (exact) mass is 343 g/mol. The number of rotatable bonds is 6. The first-order chi connectivity index (χ1) is 12.8. The summed E-state index contributed by atoms with van der Waals surface area (Å²) in [4.78, 5) is 0. The fourth-order valence-electron chi connectivity index (χ4n) is 4.03. The van der Waals surface area contributed by atoms with Crippen LogP contribution in [-0.4, -0.2) is 7.11 Å². The largest absolute Gasteiger partial charge is 0.497 e. The van der Waals surface area contributed by atoms with Gasteiger partial charge in [-0.1, -0.05) is 74.0 Å². The van der Waals surface area contributed by atoms with Crippen molar-refractivity contribution in [1.29, 1.82) is 0 Å². The zero-order valence-electron chi connectivity index (χ0n) is 15.4. The van der Waals surface area contributed by atoms with Crippen molar-refractivity contribution in [2.75, 3.05) is 7.11 Å². The van der Waals surface area contributed by atoms with E-state index in [-0.39, 0.29) is 6.04 Å². The van der Waals surface area contributed by atoms with E-state index < -0.39 is 0 Å². The topological polar surface area (TPSA) is 21.3 Å². The minimum absolute atomic E-state index is 0.227. The van der Waals surface area contributed by atoms with Crippen LogP contribution < -0.4 is 10.1 Å². The maximum atomic E-state index is 5.44. The van der Waals surface area contributed by atoms with E-state index in [1.165, 1.54) is 27.8 Å². The number of hydrogen-bond acceptors (Lipinski definition) is 2. The molecule has 0 aromatic heterocycles. The Morgan fingerprint density at radius 1 is 0.885 bits per heavy atom. The molecule has 0 saturated heterocycles. The molecule has 1 N–H and O–H groups in total. The van der Waals surface area contributed by atoms with Crippen LogP contribution in [0.2, 0.25) is 0 Å². The maximum absolute atomic E-state index is 5.44. The predicted octanol–water partition coefficient (Wildman–Crippen LogP) is 5.90. The first kappa shape index (κ1) is 16.9. The second-order valence-electron chi connectivity index (χ2n) is 6.89. The smallest absolute Gasteiger partial charge is 0.119 e. The molecule has 0 aliphatic heterocycles. The van der Waals surface area contributed by atoms with Crippen molar-refractivity contribution in [2.45, 2.75) is 31.8 Å². The van der Waals surface area contributed by atoms with Gasteiger partial charge in [0.2, 0.25) is 0 Å². The number of nitrogens with one attached hydrogen (secondary N) is 1. The van der Waals surface area contributed by atoms with Crippen molar-refractivity contribution in [2.24, 2.45) is 0 Å². The van der Waals surface area contributed by atoms with Gasteiger partial charge in [-0.05, 0) is 46.4 Å². The lowest BCUT2D eigenvalue weighted by molar-refractivity contribution is 0.410. The van der Waals surface area contributed by atoms with Crippen LogP contribution in [0.15, 0.2) is 72.8 Å². The average Bonchev–Trinajstić information content (AvgIpc) is 3.02. The number of hydrogen-bond donors (Lipinski definition) is 1. The summed E-state index contributed by atoms with van der Waals surface area (Å²) in [5.41, 5.74) is 6.73. The molecule has 0 heterocycles. The molecule has 0 fully saturated rings. The quantitative estimate of drug-likeness (QED) is 0.602. The second-order valence-corrected chi connectivity index (χ2v) is 6.89. The van der Waals surface area contributed by atoms with E-state index in [1.807, 2.05) is 6.07 Å². The number of methoxy groups -OCH3 is 1. The van der Waals surface area contributed by atoms with Crippen LogP contribution in [0, 0.1) is 0 Å². The molecule has 0 saturated carbocycles. The van der Waals surface area contributed by atoms with Gasteiger partial charge in [-0.15, -0.1) is 0 Å². The summed E-state index contributed by atoms with van der Waals surface area (Å²) in [6.45, 7) is 2.24. The van der Waals surface area contributed by atoms with Gasteiger partial charge in [-0.25, -0.2) is 0 Å². The second kappa shape index (κ2) is 7.35. The SMILES string of the molecule is CCC[C@H](NC1c2ccccc2-c2ccccc21)c1cccc(OC)c1. The van der Waals surface area contributed by atoms with Gasteiger partial charge in [-0.2, -0.15) is 0 Å². The molecule has 0 unspecified atom stereocenters. The Balaban J connectivity index is 1.72. The van der Waals surface area contributed by atoms with Gasteiger partial charge in [0.25, 0.3) is 0 Å². The molecule has 0 spiro atoms. The van der Waals surface area contributed by atoms with Gasteiger partial charge in [0, 0.05) is 6.04 Å². The molecular weight excluding hydrogens is 318 g/mol. The number of fused-ring (bicyclic) bond motifs is 3. The summed E-state index contributed by atoms with van der Waals surface area (Å²) in [6, 6.07) is 26.5. The molecule has 2 nitrogen and oxygen atoms in total. The molecule has 3 aromatic rings. The van der Waals surface area contributed by atoms with Crippen molar-refractivity contribution in [1.82, 2.24) is 5.32 Å². The van der Waals surface area contributed by atoms with Crippen molar-refractivity contribution < 1.29 is 4.74 Å². The number of ether oxygens (including phenoxy) is 1. The fourth-order valence-corrected chi connectivity index (χ4v) is 4.03. The van der Waals surface area contributed by atoms with Gasteiger partial charge in [0.05, 0.1) is 13.2 Å². The average molecular weight is 343 g/mol. The Labute approximate surface area is 155 Å². The molecule has 0 radical (unpaired) electrons. The van der Waals surface area contributed by atoms with E-state index in [9.17, 15) is 0 Å². The highest BCUT2D eigenvalue weighted by molar-refractivity contribution is 5.78. The molecule has 4 rings (SSSR count). The molecule has 0 amide bonds. The summed E-state index contributed by atoms with van der Waals surface area (Å²) >= 11 is 0. The molecule has 3 aromatic carbocycles. The highest BCUT2D eigenvalue weighted by Crippen LogP contribution is 2.44. The van der Waals surface area contributed by atoms with Gasteiger partial charge in [0.1, 0.15) is 5.75 Å². The molecule has 132 valence electrons. The number of benzene rings is 3. The van der Waals surface area contributed by atoms with Crippen LogP contribution in [0.3, 0.4) is 0 Å². The zero-order valence-corrected chi connectivity index (χ0v) is 15.4. The third-order valence-corrected chi connectivity index (χ3v) is 5.28. The van der Waals surface area contributed by atoms with Crippen LogP contribution in [0.4, 0.5) is 0 Å². The summed E-state index contributed by atoms with van der Waals surface area (Å²) in [7, 11) is 1.73. The minimum Gasteiger partial charge on any atom is -0.497 e. The van der Waals surface area contributed by atoms with E-state index in [0.717, 1.165) is 18.6 Å². The van der Waals surface area contributed by atoms with Crippen molar-refractivity contribution >= 4 is 0 Å². The van der Waals surface area contributed by atoms with Gasteiger partial charge >= 0.3 is 0 Å². The zero-order chi connectivity index (χ0) is 17.9. The highest BCUT2D eigenvalue weighted by atomic mass is 16.5. The Bertz CT molecular complexity index is 856. The van der Waals surface area contributed by atoms with E-state index in [4.69, 9.17) is 4.74 Å². The Morgan fingerprint density at radius 3 is 2.15 bits per heavy atom. The van der Waals surface area contributed by atoms with E-state index >= 15 is 0 Å². The van der Waals surface area contributed by atoms with Crippen LogP contribution in [-0.2, 0) is 0 Å². The van der Waals surface area contributed by atoms with Gasteiger partial charge in [-0.3, -0.25) is 5.32 Å². The summed E-state index contributed by atoms with van der Waals surface area (Å²) in [5.74, 6) is 0.914. The van der Waals surface area contributed by atoms with E-state index in [2.05, 4.69) is 79.0 Å². The van der Waals surface area contributed by atoms with E-state index in [0.29, 0.717) is 6.04 Å². The molecule has 2 heteroatoms. The predicted molar refractivity (Wildman–Crippen MR) is 107 cm³/mol. The molecule has 1 atom stereocenters. The lowest BCUT2D eigenvalue weighted by Gasteiger charge is -2.25. The minimum atomic E-state index is 0.227. The third kappa shape index (κ3) is 3.02. The lowest BCUT2D eigenvalue weighted by atomic mass is 9.98. The highest BCUT2D eigenvalue weighted by Gasteiger charge is 2.29.